The van der Waals surface area contributed by atoms with E-state index >= 15 is 0 Å². The normalized spacial score (nSPS) is 10.6. The summed E-state index contributed by atoms with van der Waals surface area (Å²) in [6.07, 6.45) is 3.94. The van der Waals surface area contributed by atoms with Crippen LogP contribution in [0.15, 0.2) is 40.8 Å². The first kappa shape index (κ1) is 13.6. The minimum Gasteiger partial charge on any atom is -0.461 e. The Hall–Kier alpha value is -1.83. The lowest BCUT2D eigenvalue weighted by Gasteiger charge is -2.01. The van der Waals surface area contributed by atoms with E-state index in [0.717, 1.165) is 23.5 Å². The zero-order valence-corrected chi connectivity index (χ0v) is 11.6. The molecule has 0 aliphatic heterocycles. The number of rotatable bonds is 6. The molecule has 2 heteroatoms. The number of hydrogen-bond acceptors (Lipinski definition) is 2. The molecule has 2 nitrogen and oxygen atoms in total. The molecule has 2 aromatic rings. The second kappa shape index (κ2) is 6.37. The molecule has 0 bridgehead atoms. The Morgan fingerprint density at radius 1 is 1.11 bits per heavy atom. The van der Waals surface area contributed by atoms with E-state index in [1.165, 1.54) is 18.4 Å². The van der Waals surface area contributed by atoms with Crippen LogP contribution in [-0.2, 0) is 17.6 Å². The minimum absolute atomic E-state index is 0.121. The average molecular weight is 256 g/mol. The fourth-order valence-corrected chi connectivity index (χ4v) is 2.09. The van der Waals surface area contributed by atoms with Gasteiger partial charge in [-0.1, -0.05) is 37.6 Å². The molecule has 100 valence electrons. The second-order valence-corrected chi connectivity index (χ2v) is 4.95. The van der Waals surface area contributed by atoms with Crippen molar-refractivity contribution >= 4 is 5.78 Å². The number of aryl methyl sites for hydroxylation is 1. The molecule has 0 N–H and O–H groups in total. The molecule has 0 saturated heterocycles. The summed E-state index contributed by atoms with van der Waals surface area (Å²) in [7, 11) is 0. The van der Waals surface area contributed by atoms with E-state index in [1.54, 1.807) is 6.92 Å². The maximum absolute atomic E-state index is 11.0. The molecule has 1 aromatic heterocycles. The number of unbranched alkanes of at least 4 members (excludes halogenated alkanes) is 1. The van der Waals surface area contributed by atoms with Crippen LogP contribution in [0.25, 0.3) is 11.3 Å². The Morgan fingerprint density at radius 3 is 2.47 bits per heavy atom. The molecule has 2 rings (SSSR count). The van der Waals surface area contributed by atoms with Crippen molar-refractivity contribution in [2.45, 2.75) is 39.5 Å². The van der Waals surface area contributed by atoms with Crippen LogP contribution in [0.4, 0.5) is 0 Å². The lowest BCUT2D eigenvalue weighted by Crippen LogP contribution is -1.93. The number of benzene rings is 1. The first-order chi connectivity index (χ1) is 9.19. The molecule has 0 radical (unpaired) electrons. The lowest BCUT2D eigenvalue weighted by molar-refractivity contribution is -0.116. The van der Waals surface area contributed by atoms with Crippen molar-refractivity contribution in [1.29, 1.82) is 0 Å². The van der Waals surface area contributed by atoms with Gasteiger partial charge in [-0.3, -0.25) is 4.79 Å². The molecule has 0 fully saturated rings. The van der Waals surface area contributed by atoms with E-state index in [0.29, 0.717) is 6.42 Å². The fraction of sp³-hybridized carbons (Fsp3) is 0.353. The van der Waals surface area contributed by atoms with E-state index in [1.807, 2.05) is 12.1 Å². The largest absolute Gasteiger partial charge is 0.461 e. The van der Waals surface area contributed by atoms with Gasteiger partial charge in [0.25, 0.3) is 0 Å². The molecule has 1 heterocycles. The third-order valence-electron chi connectivity index (χ3n) is 3.14. The summed E-state index contributed by atoms with van der Waals surface area (Å²) in [5.41, 5.74) is 2.43. The molecule has 0 saturated carbocycles. The monoisotopic (exact) mass is 256 g/mol. The topological polar surface area (TPSA) is 30.2 Å². The van der Waals surface area contributed by atoms with Gasteiger partial charge in [0.2, 0.25) is 0 Å². The van der Waals surface area contributed by atoms with Crippen molar-refractivity contribution in [1.82, 2.24) is 0 Å². The smallest absolute Gasteiger partial charge is 0.137 e. The van der Waals surface area contributed by atoms with Crippen LogP contribution in [0.5, 0.6) is 0 Å². The summed E-state index contributed by atoms with van der Waals surface area (Å²) in [5, 5.41) is 0. The van der Waals surface area contributed by atoms with Crippen LogP contribution in [-0.4, -0.2) is 5.78 Å². The summed E-state index contributed by atoms with van der Waals surface area (Å²) in [6.45, 7) is 3.78. The van der Waals surface area contributed by atoms with Gasteiger partial charge in [-0.2, -0.15) is 0 Å². The highest BCUT2D eigenvalue weighted by Crippen LogP contribution is 2.23. The van der Waals surface area contributed by atoms with E-state index in [2.05, 4.69) is 31.2 Å². The maximum Gasteiger partial charge on any atom is 0.137 e. The Morgan fingerprint density at radius 2 is 1.84 bits per heavy atom. The van der Waals surface area contributed by atoms with Gasteiger partial charge in [-0.05, 0) is 37.5 Å². The number of carbonyl (C=O) groups excluding carboxylic acids is 1. The quantitative estimate of drug-likeness (QED) is 0.765. The van der Waals surface area contributed by atoms with Gasteiger partial charge in [0.15, 0.2) is 0 Å². The van der Waals surface area contributed by atoms with Crippen molar-refractivity contribution < 1.29 is 9.21 Å². The summed E-state index contributed by atoms with van der Waals surface area (Å²) >= 11 is 0. The Kier molecular flexibility index (Phi) is 4.56. The lowest BCUT2D eigenvalue weighted by atomic mass is 10.1. The van der Waals surface area contributed by atoms with Crippen LogP contribution in [0.1, 0.15) is 38.0 Å². The molecule has 0 atom stereocenters. The molecule has 0 amide bonds. The second-order valence-electron chi connectivity index (χ2n) is 4.95. The van der Waals surface area contributed by atoms with Crippen molar-refractivity contribution in [3.05, 3.63) is 47.7 Å². The van der Waals surface area contributed by atoms with Crippen LogP contribution < -0.4 is 0 Å². The molecule has 0 aliphatic carbocycles. The first-order valence-electron chi connectivity index (χ1n) is 6.86. The summed E-state index contributed by atoms with van der Waals surface area (Å²) in [5.74, 6) is 1.69. The van der Waals surface area contributed by atoms with Crippen LogP contribution >= 0.6 is 0 Å². The highest BCUT2D eigenvalue weighted by atomic mass is 16.3. The van der Waals surface area contributed by atoms with E-state index in [-0.39, 0.29) is 5.78 Å². The minimum atomic E-state index is 0.121. The molecule has 0 unspecified atom stereocenters. The maximum atomic E-state index is 11.0. The Balaban J connectivity index is 2.09. The molecular weight excluding hydrogens is 236 g/mol. The average Bonchev–Trinajstić information content (AvgIpc) is 2.84. The van der Waals surface area contributed by atoms with Gasteiger partial charge in [-0.25, -0.2) is 0 Å². The Bertz CT molecular complexity index is 535. The number of hydrogen-bond donors (Lipinski definition) is 0. The van der Waals surface area contributed by atoms with Crippen LogP contribution in [0, 0.1) is 0 Å². The van der Waals surface area contributed by atoms with E-state index < -0.39 is 0 Å². The molecule has 19 heavy (non-hydrogen) atoms. The van der Waals surface area contributed by atoms with E-state index in [9.17, 15) is 4.79 Å². The van der Waals surface area contributed by atoms with Gasteiger partial charge >= 0.3 is 0 Å². The van der Waals surface area contributed by atoms with Crippen molar-refractivity contribution in [2.24, 2.45) is 0 Å². The molecular formula is C17H20O2. The number of carbonyl (C=O) groups is 1. The van der Waals surface area contributed by atoms with Crippen LogP contribution in [0.3, 0.4) is 0 Å². The third kappa shape index (κ3) is 3.82. The standard InChI is InChI=1S/C17H20O2/c1-3-4-5-14-6-8-15(9-7-14)17-11-10-16(19-17)12-13(2)18/h6-11H,3-5,12H2,1-2H3. The molecule has 1 aromatic carbocycles. The SMILES string of the molecule is CCCCc1ccc(-c2ccc(CC(C)=O)o2)cc1. The predicted octanol–water partition coefficient (Wildman–Crippen LogP) is 4.42. The number of ketones is 1. The predicted molar refractivity (Wildman–Crippen MR) is 77.1 cm³/mol. The highest BCUT2D eigenvalue weighted by Gasteiger charge is 2.06. The van der Waals surface area contributed by atoms with Crippen LogP contribution in [0.2, 0.25) is 0 Å². The first-order valence-corrected chi connectivity index (χ1v) is 6.86. The summed E-state index contributed by atoms with van der Waals surface area (Å²) in [4.78, 5) is 11.0. The third-order valence-corrected chi connectivity index (χ3v) is 3.14. The van der Waals surface area contributed by atoms with Crippen molar-refractivity contribution in [3.8, 4) is 11.3 Å². The zero-order chi connectivity index (χ0) is 13.7. The summed E-state index contributed by atoms with van der Waals surface area (Å²) < 4.78 is 5.68. The van der Waals surface area contributed by atoms with Crippen molar-refractivity contribution in [2.75, 3.05) is 0 Å². The fourth-order valence-electron chi connectivity index (χ4n) is 2.09. The molecule has 0 spiro atoms. The summed E-state index contributed by atoms with van der Waals surface area (Å²) in [6, 6.07) is 12.3. The van der Waals surface area contributed by atoms with Gasteiger partial charge in [-0.15, -0.1) is 0 Å². The zero-order valence-electron chi connectivity index (χ0n) is 11.6. The number of furan rings is 1. The van der Waals surface area contributed by atoms with E-state index in [4.69, 9.17) is 4.42 Å². The highest BCUT2D eigenvalue weighted by molar-refractivity contribution is 5.77. The van der Waals surface area contributed by atoms with Crippen molar-refractivity contribution in [3.63, 3.8) is 0 Å². The van der Waals surface area contributed by atoms with Gasteiger partial charge in [0.1, 0.15) is 17.3 Å². The number of Topliss-reactive ketones (excluding diaryl/α,β-unsaturated/α-hetero) is 1. The van der Waals surface area contributed by atoms with Gasteiger partial charge < -0.3 is 4.42 Å². The Labute approximate surface area is 114 Å². The molecule has 0 aliphatic rings. The van der Waals surface area contributed by atoms with Gasteiger partial charge in [0.05, 0.1) is 6.42 Å². The van der Waals surface area contributed by atoms with Gasteiger partial charge in [0, 0.05) is 5.56 Å².